The van der Waals surface area contributed by atoms with Crippen LogP contribution in [0.1, 0.15) is 39.2 Å². The molecule has 0 fully saturated rings. The molecule has 2 amide bonds. The van der Waals surface area contributed by atoms with Crippen LogP contribution in [0.5, 0.6) is 5.75 Å². The van der Waals surface area contributed by atoms with Crippen LogP contribution in [0.15, 0.2) is 53.0 Å². The molecule has 36 heavy (non-hydrogen) atoms. The van der Waals surface area contributed by atoms with Crippen LogP contribution in [0.3, 0.4) is 0 Å². The van der Waals surface area contributed by atoms with Crippen LogP contribution in [0.4, 0.5) is 5.69 Å². The number of ether oxygens (including phenoxy) is 1. The average molecular weight is 583 g/mol. The fourth-order valence-corrected chi connectivity index (χ4v) is 4.80. The summed E-state index contributed by atoms with van der Waals surface area (Å²) in [6.07, 6.45) is 1.54. The zero-order valence-corrected chi connectivity index (χ0v) is 23.9. The molecule has 0 bridgehead atoms. The lowest BCUT2D eigenvalue weighted by Crippen LogP contribution is -2.48. The van der Waals surface area contributed by atoms with Crippen molar-refractivity contribution >= 4 is 43.5 Å². The summed E-state index contributed by atoms with van der Waals surface area (Å²) >= 11 is 3.41. The van der Waals surface area contributed by atoms with Crippen LogP contribution in [0.2, 0.25) is 0 Å². The van der Waals surface area contributed by atoms with Gasteiger partial charge in [-0.3, -0.25) is 13.9 Å². The van der Waals surface area contributed by atoms with Crippen molar-refractivity contribution in [1.29, 1.82) is 0 Å². The zero-order chi connectivity index (χ0) is 26.9. The summed E-state index contributed by atoms with van der Waals surface area (Å²) in [6.45, 7) is 6.66. The number of nitrogens with zero attached hydrogens (tertiary/aromatic N) is 2. The molecule has 2 aromatic rings. The molecule has 0 spiro atoms. The van der Waals surface area contributed by atoms with Gasteiger partial charge in [-0.1, -0.05) is 41.9 Å². The molecule has 2 rings (SSSR count). The van der Waals surface area contributed by atoms with Crippen molar-refractivity contribution < 1.29 is 22.7 Å². The van der Waals surface area contributed by atoms with Crippen molar-refractivity contribution in [2.45, 2.75) is 46.2 Å². The lowest BCUT2D eigenvalue weighted by molar-refractivity contribution is -0.140. The van der Waals surface area contributed by atoms with Crippen molar-refractivity contribution in [2.24, 2.45) is 5.92 Å². The molecule has 0 heterocycles. The Morgan fingerprint density at radius 2 is 1.64 bits per heavy atom. The fourth-order valence-electron chi connectivity index (χ4n) is 3.57. The number of anilines is 1. The molecule has 0 aliphatic heterocycles. The molecule has 0 radical (unpaired) electrons. The van der Waals surface area contributed by atoms with Gasteiger partial charge in [-0.15, -0.1) is 0 Å². The van der Waals surface area contributed by atoms with E-state index in [1.54, 1.807) is 43.2 Å². The van der Waals surface area contributed by atoms with E-state index in [4.69, 9.17) is 4.74 Å². The van der Waals surface area contributed by atoms with Gasteiger partial charge in [-0.05, 0) is 61.2 Å². The first-order valence-electron chi connectivity index (χ1n) is 11.9. The van der Waals surface area contributed by atoms with E-state index in [1.807, 2.05) is 38.1 Å². The van der Waals surface area contributed by atoms with Gasteiger partial charge >= 0.3 is 0 Å². The highest BCUT2D eigenvalue weighted by Gasteiger charge is 2.26. The Hall–Kier alpha value is -2.59. The summed E-state index contributed by atoms with van der Waals surface area (Å²) in [4.78, 5) is 27.6. The summed E-state index contributed by atoms with van der Waals surface area (Å²) < 4.78 is 32.2. The van der Waals surface area contributed by atoms with E-state index >= 15 is 0 Å². The van der Waals surface area contributed by atoms with Crippen molar-refractivity contribution in [2.75, 3.05) is 30.8 Å². The fraction of sp³-hybridized carbons (Fsp3) is 0.462. The zero-order valence-electron chi connectivity index (χ0n) is 21.5. The van der Waals surface area contributed by atoms with Crippen molar-refractivity contribution in [3.05, 3.63) is 58.6 Å². The van der Waals surface area contributed by atoms with Crippen molar-refractivity contribution in [1.82, 2.24) is 10.2 Å². The minimum absolute atomic E-state index is 0.0977. The van der Waals surface area contributed by atoms with Gasteiger partial charge in [0.1, 0.15) is 11.8 Å². The van der Waals surface area contributed by atoms with Crippen LogP contribution >= 0.6 is 15.9 Å². The SMILES string of the molecule is COc1ccc(N(CCCC(=O)N(Cc2ccc(Br)cc2)[C@@H](C)C(=O)NCC(C)C)S(C)(=O)=O)cc1. The van der Waals surface area contributed by atoms with Gasteiger partial charge in [-0.25, -0.2) is 8.42 Å². The molecule has 2 aromatic carbocycles. The number of carbonyl (C=O) groups is 2. The number of benzene rings is 2. The molecule has 0 aliphatic carbocycles. The Morgan fingerprint density at radius 3 is 2.17 bits per heavy atom. The largest absolute Gasteiger partial charge is 0.497 e. The van der Waals surface area contributed by atoms with E-state index in [0.717, 1.165) is 16.3 Å². The summed E-state index contributed by atoms with van der Waals surface area (Å²) in [5, 5.41) is 2.90. The smallest absolute Gasteiger partial charge is 0.242 e. The molecule has 8 nitrogen and oxygen atoms in total. The van der Waals surface area contributed by atoms with E-state index in [2.05, 4.69) is 21.2 Å². The summed E-state index contributed by atoms with van der Waals surface area (Å²) in [5.74, 6) is 0.478. The Morgan fingerprint density at radius 1 is 1.03 bits per heavy atom. The second-order valence-corrected chi connectivity index (χ2v) is 11.9. The maximum absolute atomic E-state index is 13.3. The highest BCUT2D eigenvalue weighted by Crippen LogP contribution is 2.22. The monoisotopic (exact) mass is 581 g/mol. The van der Waals surface area contributed by atoms with E-state index in [9.17, 15) is 18.0 Å². The van der Waals surface area contributed by atoms with Crippen molar-refractivity contribution in [3.63, 3.8) is 0 Å². The van der Waals surface area contributed by atoms with Gasteiger partial charge in [0, 0.05) is 30.5 Å². The van der Waals surface area contributed by atoms with E-state index in [-0.39, 0.29) is 37.2 Å². The van der Waals surface area contributed by atoms with Crippen LogP contribution in [-0.4, -0.2) is 57.6 Å². The van der Waals surface area contributed by atoms with Crippen LogP contribution in [0.25, 0.3) is 0 Å². The normalized spacial score (nSPS) is 12.2. The van der Waals surface area contributed by atoms with Gasteiger partial charge in [0.25, 0.3) is 0 Å². The van der Waals surface area contributed by atoms with Crippen LogP contribution in [0, 0.1) is 5.92 Å². The quantitative estimate of drug-likeness (QED) is 0.382. The molecule has 0 unspecified atom stereocenters. The molecule has 0 saturated carbocycles. The number of hydrogen-bond donors (Lipinski definition) is 1. The first-order chi connectivity index (χ1) is 16.9. The second kappa shape index (κ2) is 13.6. The number of halogens is 1. The van der Waals surface area contributed by atoms with Gasteiger partial charge < -0.3 is 15.0 Å². The molecule has 198 valence electrons. The van der Waals surface area contributed by atoms with Crippen molar-refractivity contribution in [3.8, 4) is 5.75 Å². The molecule has 0 saturated heterocycles. The summed E-state index contributed by atoms with van der Waals surface area (Å²) in [5.41, 5.74) is 1.39. The van der Waals surface area contributed by atoms with E-state index in [1.165, 1.54) is 4.31 Å². The van der Waals surface area contributed by atoms with Gasteiger partial charge in [-0.2, -0.15) is 0 Å². The molecular formula is C26H36BrN3O5S. The highest BCUT2D eigenvalue weighted by molar-refractivity contribution is 9.10. The van der Waals surface area contributed by atoms with Crippen LogP contribution < -0.4 is 14.4 Å². The Bertz CT molecular complexity index is 1110. The maximum Gasteiger partial charge on any atom is 0.242 e. The van der Waals surface area contributed by atoms with Gasteiger partial charge in [0.05, 0.1) is 19.1 Å². The van der Waals surface area contributed by atoms with Gasteiger partial charge in [0.15, 0.2) is 0 Å². The number of nitrogens with one attached hydrogen (secondary N) is 1. The molecule has 0 aromatic heterocycles. The third-order valence-corrected chi connectivity index (χ3v) is 7.35. The number of amides is 2. The minimum Gasteiger partial charge on any atom is -0.497 e. The maximum atomic E-state index is 13.3. The average Bonchev–Trinajstić information content (AvgIpc) is 2.83. The number of rotatable bonds is 13. The highest BCUT2D eigenvalue weighted by atomic mass is 79.9. The Balaban J connectivity index is 2.14. The standard InChI is InChI=1S/C26H36BrN3O5S/c1-19(2)17-28-26(32)20(3)29(18-21-8-10-22(27)11-9-21)25(31)7-6-16-30(36(5,33)34)23-12-14-24(35-4)15-13-23/h8-15,19-20H,6-7,16-18H2,1-5H3,(H,28,32)/t20-/m0/s1. The molecule has 10 heteroatoms. The molecule has 0 aliphatic rings. The first-order valence-corrected chi connectivity index (χ1v) is 14.5. The summed E-state index contributed by atoms with van der Waals surface area (Å²) in [7, 11) is -2.01. The lowest BCUT2D eigenvalue weighted by atomic mass is 10.1. The predicted octanol–water partition coefficient (Wildman–Crippen LogP) is 4.19. The first kappa shape index (κ1) is 29.6. The number of methoxy groups -OCH3 is 1. The van der Waals surface area contributed by atoms with E-state index < -0.39 is 16.1 Å². The number of carbonyl (C=O) groups excluding carboxylic acids is 2. The number of hydrogen-bond acceptors (Lipinski definition) is 5. The third-order valence-electron chi connectivity index (χ3n) is 5.63. The molecule has 1 atom stereocenters. The van der Waals surface area contributed by atoms with Gasteiger partial charge in [0.2, 0.25) is 21.8 Å². The Kier molecular flexibility index (Phi) is 11.2. The molecule has 1 N–H and O–H groups in total. The Labute approximate surface area is 223 Å². The third kappa shape index (κ3) is 9.13. The lowest BCUT2D eigenvalue weighted by Gasteiger charge is -2.29. The predicted molar refractivity (Wildman–Crippen MR) is 146 cm³/mol. The number of sulfonamides is 1. The topological polar surface area (TPSA) is 96.0 Å². The molecular weight excluding hydrogens is 546 g/mol. The van der Waals surface area contributed by atoms with E-state index in [0.29, 0.717) is 24.4 Å². The van der Waals surface area contributed by atoms with Crippen LogP contribution in [-0.2, 0) is 26.2 Å². The second-order valence-electron chi connectivity index (χ2n) is 9.10. The summed E-state index contributed by atoms with van der Waals surface area (Å²) in [6, 6.07) is 13.6. The minimum atomic E-state index is -3.55.